The van der Waals surface area contributed by atoms with Crippen molar-refractivity contribution in [3.05, 3.63) is 114 Å². The largest absolute Gasteiger partial charge is 0.490 e. The van der Waals surface area contributed by atoms with Crippen molar-refractivity contribution in [1.29, 1.82) is 0 Å². The lowest BCUT2D eigenvalue weighted by atomic mass is 10.1. The Morgan fingerprint density at radius 2 is 1.12 bits per heavy atom. The van der Waals surface area contributed by atoms with Crippen molar-refractivity contribution >= 4 is 0 Å². The van der Waals surface area contributed by atoms with Gasteiger partial charge in [-0.05, 0) is 23.3 Å². The number of nitrogens with zero attached hydrogens (tertiary/aromatic N) is 1. The number of hydrogen-bond donors (Lipinski definition) is 0. The molecule has 0 amide bonds. The molecule has 26 heavy (non-hydrogen) atoms. The number of para-hydroxylation sites is 1. The quantitative estimate of drug-likeness (QED) is 0.487. The van der Waals surface area contributed by atoms with Gasteiger partial charge in [-0.1, -0.05) is 91.0 Å². The Bertz CT molecular complexity index is 728. The highest BCUT2D eigenvalue weighted by atomic mass is 16.5. The van der Waals surface area contributed by atoms with E-state index in [4.69, 9.17) is 4.74 Å². The molecule has 3 rings (SSSR count). The van der Waals surface area contributed by atoms with Crippen molar-refractivity contribution in [3.63, 3.8) is 0 Å². The molecule has 0 bridgehead atoms. The van der Waals surface area contributed by atoms with E-state index < -0.39 is 0 Å². The fourth-order valence-electron chi connectivity index (χ4n) is 2.82. The van der Waals surface area contributed by atoms with E-state index in [0.29, 0.717) is 6.61 Å². The monoisotopic (exact) mass is 343 g/mol. The third-order valence-corrected chi connectivity index (χ3v) is 4.12. The summed E-state index contributed by atoms with van der Waals surface area (Å²) in [5, 5.41) is 0. The molecule has 3 aromatic carbocycles. The molecule has 2 heteroatoms. The molecular formula is C24H25NO. The molecular weight excluding hydrogens is 318 g/mol. The predicted molar refractivity (Wildman–Crippen MR) is 108 cm³/mol. The summed E-state index contributed by atoms with van der Waals surface area (Å²) in [5.74, 6) is 0.905. The summed E-state index contributed by atoms with van der Waals surface area (Å²) in [6.07, 6.45) is 4.28. The van der Waals surface area contributed by atoms with Crippen LogP contribution in [0.15, 0.2) is 103 Å². The zero-order valence-electron chi connectivity index (χ0n) is 15.0. The fraction of sp³-hybridized carbons (Fsp3) is 0.167. The molecule has 0 radical (unpaired) electrons. The Morgan fingerprint density at radius 3 is 1.65 bits per heavy atom. The van der Waals surface area contributed by atoms with Gasteiger partial charge < -0.3 is 4.74 Å². The first-order chi connectivity index (χ1) is 12.9. The van der Waals surface area contributed by atoms with Gasteiger partial charge in [-0.2, -0.15) is 0 Å². The smallest absolute Gasteiger partial charge is 0.119 e. The Kier molecular flexibility index (Phi) is 7.06. The molecule has 0 aliphatic rings. The lowest BCUT2D eigenvalue weighted by Crippen LogP contribution is -2.23. The minimum absolute atomic E-state index is 0.592. The van der Waals surface area contributed by atoms with Crippen LogP contribution in [0.4, 0.5) is 0 Å². The van der Waals surface area contributed by atoms with Crippen LogP contribution in [0.25, 0.3) is 0 Å². The second-order valence-corrected chi connectivity index (χ2v) is 6.24. The third-order valence-electron chi connectivity index (χ3n) is 4.12. The van der Waals surface area contributed by atoms with Gasteiger partial charge in [0.1, 0.15) is 12.4 Å². The van der Waals surface area contributed by atoms with Gasteiger partial charge in [0.05, 0.1) is 0 Å². The molecule has 0 saturated carbocycles. The summed E-state index contributed by atoms with van der Waals surface area (Å²) in [4.78, 5) is 2.43. The second kappa shape index (κ2) is 10.2. The summed E-state index contributed by atoms with van der Waals surface area (Å²) >= 11 is 0. The molecule has 0 unspecified atom stereocenters. The van der Waals surface area contributed by atoms with E-state index in [-0.39, 0.29) is 0 Å². The van der Waals surface area contributed by atoms with Crippen molar-refractivity contribution in [2.75, 3.05) is 13.2 Å². The minimum atomic E-state index is 0.592. The van der Waals surface area contributed by atoms with Crippen LogP contribution >= 0.6 is 0 Å². The molecule has 0 spiro atoms. The summed E-state index contributed by atoms with van der Waals surface area (Å²) in [7, 11) is 0. The van der Waals surface area contributed by atoms with E-state index >= 15 is 0 Å². The van der Waals surface area contributed by atoms with E-state index in [2.05, 4.69) is 77.7 Å². The predicted octanol–water partition coefficient (Wildman–Crippen LogP) is 5.32. The Labute approximate surface area is 156 Å². The molecule has 0 heterocycles. The van der Waals surface area contributed by atoms with Crippen LogP contribution in [0, 0.1) is 0 Å². The Balaban J connectivity index is 1.55. The number of rotatable bonds is 9. The van der Waals surface area contributed by atoms with E-state index in [1.807, 2.05) is 30.3 Å². The lowest BCUT2D eigenvalue weighted by molar-refractivity contribution is 0.285. The van der Waals surface area contributed by atoms with Gasteiger partial charge in [0, 0.05) is 19.6 Å². The Morgan fingerprint density at radius 1 is 0.615 bits per heavy atom. The zero-order valence-corrected chi connectivity index (χ0v) is 15.0. The molecule has 2 nitrogen and oxygen atoms in total. The van der Waals surface area contributed by atoms with Crippen LogP contribution in [0.1, 0.15) is 11.1 Å². The first kappa shape index (κ1) is 18.0. The van der Waals surface area contributed by atoms with E-state index in [1.165, 1.54) is 11.1 Å². The maximum Gasteiger partial charge on any atom is 0.119 e. The molecule has 0 aliphatic heterocycles. The van der Waals surface area contributed by atoms with Gasteiger partial charge in [-0.25, -0.2) is 0 Å². The molecule has 0 saturated heterocycles. The van der Waals surface area contributed by atoms with Crippen molar-refractivity contribution in [2.45, 2.75) is 13.1 Å². The van der Waals surface area contributed by atoms with Gasteiger partial charge in [0.2, 0.25) is 0 Å². The van der Waals surface area contributed by atoms with Crippen LogP contribution < -0.4 is 4.74 Å². The highest BCUT2D eigenvalue weighted by molar-refractivity contribution is 5.21. The van der Waals surface area contributed by atoms with Crippen molar-refractivity contribution in [2.24, 2.45) is 0 Å². The van der Waals surface area contributed by atoms with E-state index in [0.717, 1.165) is 25.4 Å². The Hall–Kier alpha value is -2.84. The van der Waals surface area contributed by atoms with Crippen LogP contribution in [-0.2, 0) is 13.1 Å². The maximum absolute atomic E-state index is 5.72. The standard InChI is InChI=1S/C24H25NO/c1-4-12-22(13-5-1)20-25(21-23-14-6-2-7-15-23)18-10-11-19-26-24-16-8-3-9-17-24/h1-17H,18-21H2/b11-10+. The molecule has 0 aromatic heterocycles. The molecule has 3 aromatic rings. The average Bonchev–Trinajstić information content (AvgIpc) is 2.70. The highest BCUT2D eigenvalue weighted by Gasteiger charge is 2.05. The summed E-state index contributed by atoms with van der Waals surface area (Å²) in [6.45, 7) is 3.34. The van der Waals surface area contributed by atoms with Crippen LogP contribution in [0.5, 0.6) is 5.75 Å². The van der Waals surface area contributed by atoms with Gasteiger partial charge in [0.15, 0.2) is 0 Å². The zero-order chi connectivity index (χ0) is 17.9. The molecule has 0 N–H and O–H groups in total. The average molecular weight is 343 g/mol. The van der Waals surface area contributed by atoms with Crippen molar-refractivity contribution in [3.8, 4) is 5.75 Å². The molecule has 132 valence electrons. The van der Waals surface area contributed by atoms with Crippen LogP contribution in [0.2, 0.25) is 0 Å². The number of hydrogen-bond acceptors (Lipinski definition) is 2. The van der Waals surface area contributed by atoms with Gasteiger partial charge >= 0.3 is 0 Å². The SMILES string of the molecule is C(=C\CN(Cc1ccccc1)Cc1ccccc1)/COc1ccccc1. The van der Waals surface area contributed by atoms with Gasteiger partial charge in [0.25, 0.3) is 0 Å². The summed E-state index contributed by atoms with van der Waals surface area (Å²) in [5.41, 5.74) is 2.66. The second-order valence-electron chi connectivity index (χ2n) is 6.24. The molecule has 0 atom stereocenters. The van der Waals surface area contributed by atoms with Crippen LogP contribution in [-0.4, -0.2) is 18.1 Å². The first-order valence-electron chi connectivity index (χ1n) is 9.03. The van der Waals surface area contributed by atoms with Gasteiger partial charge in [-0.15, -0.1) is 0 Å². The highest BCUT2D eigenvalue weighted by Crippen LogP contribution is 2.11. The fourth-order valence-corrected chi connectivity index (χ4v) is 2.82. The van der Waals surface area contributed by atoms with Gasteiger partial charge in [-0.3, -0.25) is 4.90 Å². The number of benzene rings is 3. The summed E-state index contributed by atoms with van der Waals surface area (Å²) in [6, 6.07) is 31.2. The van der Waals surface area contributed by atoms with E-state index in [9.17, 15) is 0 Å². The molecule has 0 fully saturated rings. The minimum Gasteiger partial charge on any atom is -0.490 e. The van der Waals surface area contributed by atoms with Crippen LogP contribution in [0.3, 0.4) is 0 Å². The summed E-state index contributed by atoms with van der Waals surface area (Å²) < 4.78 is 5.72. The van der Waals surface area contributed by atoms with Crippen molar-refractivity contribution in [1.82, 2.24) is 4.90 Å². The third kappa shape index (κ3) is 6.23. The first-order valence-corrected chi connectivity index (χ1v) is 9.03. The lowest BCUT2D eigenvalue weighted by Gasteiger charge is -2.21. The number of ether oxygens (including phenoxy) is 1. The maximum atomic E-state index is 5.72. The normalized spacial score (nSPS) is 11.1. The van der Waals surface area contributed by atoms with Crippen molar-refractivity contribution < 1.29 is 4.74 Å². The molecule has 0 aliphatic carbocycles. The van der Waals surface area contributed by atoms with E-state index in [1.54, 1.807) is 0 Å². The topological polar surface area (TPSA) is 12.5 Å².